The fourth-order valence-corrected chi connectivity index (χ4v) is 5.41. The number of rotatable bonds is 4. The van der Waals surface area contributed by atoms with Crippen molar-refractivity contribution in [2.24, 2.45) is 11.7 Å². The van der Waals surface area contributed by atoms with Gasteiger partial charge in [-0.25, -0.2) is 4.98 Å². The number of piperidine rings is 1. The second kappa shape index (κ2) is 8.41. The maximum Gasteiger partial charge on any atom is 0.228 e. The molecule has 1 atom stereocenters. The number of anilines is 2. The largest absolute Gasteiger partial charge is 0.369 e. The predicted octanol–water partition coefficient (Wildman–Crippen LogP) is 4.45. The van der Waals surface area contributed by atoms with Crippen molar-refractivity contribution >= 4 is 28.3 Å². The third-order valence-electron chi connectivity index (χ3n) is 7.30. The van der Waals surface area contributed by atoms with Gasteiger partial charge in [0.2, 0.25) is 5.91 Å². The van der Waals surface area contributed by atoms with Crippen LogP contribution in [0.25, 0.3) is 22.0 Å². The van der Waals surface area contributed by atoms with Gasteiger partial charge in [-0.2, -0.15) is 0 Å². The minimum absolute atomic E-state index is 0.0812. The van der Waals surface area contributed by atoms with Crippen molar-refractivity contribution in [3.8, 4) is 11.1 Å². The maximum absolute atomic E-state index is 12.2. The molecule has 2 aliphatic carbocycles. The number of nitrogens with two attached hydrogens (primary N) is 1. The summed E-state index contributed by atoms with van der Waals surface area (Å²) in [6, 6.07) is 10.8. The summed E-state index contributed by atoms with van der Waals surface area (Å²) in [5, 5.41) is 4.19. The number of fused-ring (bicyclic) bond motifs is 2. The molecule has 1 amide bonds. The van der Waals surface area contributed by atoms with E-state index in [1.807, 2.05) is 12.1 Å². The van der Waals surface area contributed by atoms with Gasteiger partial charge in [0.15, 0.2) is 0 Å². The number of carbonyl (C=O) groups excluding carboxylic acids is 1. The number of nitrogens with one attached hydrogen (secondary N) is 1. The van der Waals surface area contributed by atoms with Crippen LogP contribution >= 0.6 is 0 Å². The highest BCUT2D eigenvalue weighted by Crippen LogP contribution is 2.39. The zero-order valence-corrected chi connectivity index (χ0v) is 19.0. The summed E-state index contributed by atoms with van der Waals surface area (Å²) in [6.45, 7) is 1.96. The van der Waals surface area contributed by atoms with Gasteiger partial charge in [0.1, 0.15) is 5.82 Å². The Bertz CT molecular complexity index is 1220. The number of amides is 1. The molecule has 1 aliphatic heterocycles. The average Bonchev–Trinajstić information content (AvgIpc) is 3.68. The van der Waals surface area contributed by atoms with Gasteiger partial charge < -0.3 is 16.0 Å². The number of hydrogen-bond donors (Lipinski definition) is 2. The molecule has 33 heavy (non-hydrogen) atoms. The first kappa shape index (κ1) is 20.6. The molecule has 1 saturated heterocycles. The van der Waals surface area contributed by atoms with Crippen molar-refractivity contribution in [2.75, 3.05) is 23.3 Å². The molecule has 6 nitrogen and oxygen atoms in total. The van der Waals surface area contributed by atoms with E-state index < -0.39 is 0 Å². The van der Waals surface area contributed by atoms with Gasteiger partial charge >= 0.3 is 0 Å². The summed E-state index contributed by atoms with van der Waals surface area (Å²) in [5.41, 5.74) is 13.7. The van der Waals surface area contributed by atoms with E-state index in [0.29, 0.717) is 5.82 Å². The van der Waals surface area contributed by atoms with Crippen LogP contribution in [0.15, 0.2) is 36.5 Å². The zero-order chi connectivity index (χ0) is 22.4. The Kier molecular flexibility index (Phi) is 5.25. The lowest BCUT2D eigenvalue weighted by molar-refractivity contribution is -0.117. The number of aromatic nitrogens is 2. The third-order valence-corrected chi connectivity index (χ3v) is 7.30. The normalized spacial score (nSPS) is 20.5. The molecule has 0 spiro atoms. The first-order valence-electron chi connectivity index (χ1n) is 12.4. The highest BCUT2D eigenvalue weighted by molar-refractivity contribution is 5.97. The average molecular weight is 442 g/mol. The summed E-state index contributed by atoms with van der Waals surface area (Å²) in [4.78, 5) is 24.2. The standard InChI is InChI=1S/C27H31N5O/c28-20-4-3-13-32(16-20)26-21-5-1-2-6-23(21)30-24-10-9-18(14-22(24)26)19-11-12-29-25(15-19)31-27(33)17-7-8-17/h9-12,14-15,17,20H,1-8,13,16,28H2,(H,29,31,33)/t20-/m1/s1. The van der Waals surface area contributed by atoms with E-state index >= 15 is 0 Å². The van der Waals surface area contributed by atoms with Crippen LogP contribution in [0.5, 0.6) is 0 Å². The van der Waals surface area contributed by atoms with E-state index in [1.165, 1.54) is 35.2 Å². The Hall–Kier alpha value is -2.99. The molecular formula is C27H31N5O. The predicted molar refractivity (Wildman–Crippen MR) is 132 cm³/mol. The smallest absolute Gasteiger partial charge is 0.228 e. The topological polar surface area (TPSA) is 84.1 Å². The second-order valence-electron chi connectivity index (χ2n) is 9.87. The van der Waals surface area contributed by atoms with Gasteiger partial charge in [0, 0.05) is 42.3 Å². The summed E-state index contributed by atoms with van der Waals surface area (Å²) in [5.74, 6) is 0.861. The van der Waals surface area contributed by atoms with Crippen molar-refractivity contribution in [2.45, 2.75) is 57.4 Å². The van der Waals surface area contributed by atoms with E-state index in [4.69, 9.17) is 10.7 Å². The minimum Gasteiger partial charge on any atom is -0.369 e. The van der Waals surface area contributed by atoms with Gasteiger partial charge in [-0.15, -0.1) is 0 Å². The lowest BCUT2D eigenvalue weighted by Gasteiger charge is -2.36. The second-order valence-corrected chi connectivity index (χ2v) is 9.87. The van der Waals surface area contributed by atoms with Crippen molar-refractivity contribution < 1.29 is 4.79 Å². The lowest BCUT2D eigenvalue weighted by atomic mass is 9.90. The fourth-order valence-electron chi connectivity index (χ4n) is 5.41. The van der Waals surface area contributed by atoms with Crippen LogP contribution < -0.4 is 16.0 Å². The van der Waals surface area contributed by atoms with Crippen LogP contribution in [0.1, 0.15) is 49.8 Å². The summed E-state index contributed by atoms with van der Waals surface area (Å²) in [7, 11) is 0. The van der Waals surface area contributed by atoms with Gasteiger partial charge in [-0.3, -0.25) is 9.78 Å². The molecule has 1 saturated carbocycles. The number of hydrogen-bond acceptors (Lipinski definition) is 5. The Balaban J connectivity index is 1.43. The number of pyridine rings is 2. The number of benzene rings is 1. The maximum atomic E-state index is 12.2. The Morgan fingerprint density at radius 1 is 1.03 bits per heavy atom. The minimum atomic E-state index is 0.0812. The van der Waals surface area contributed by atoms with E-state index in [9.17, 15) is 4.79 Å². The molecule has 2 fully saturated rings. The highest BCUT2D eigenvalue weighted by Gasteiger charge is 2.30. The molecule has 2 aromatic heterocycles. The molecule has 6 heteroatoms. The number of carbonyl (C=O) groups is 1. The molecule has 3 heterocycles. The molecule has 3 N–H and O–H groups in total. The monoisotopic (exact) mass is 441 g/mol. The van der Waals surface area contributed by atoms with Gasteiger partial charge in [0.05, 0.1) is 11.2 Å². The number of aryl methyl sites for hydroxylation is 1. The van der Waals surface area contributed by atoms with Gasteiger partial charge in [-0.05, 0) is 92.3 Å². The van der Waals surface area contributed by atoms with E-state index in [1.54, 1.807) is 6.20 Å². The van der Waals surface area contributed by atoms with Gasteiger partial charge in [-0.1, -0.05) is 6.07 Å². The summed E-state index contributed by atoms with van der Waals surface area (Å²) in [6.07, 6.45) is 10.6. The van der Waals surface area contributed by atoms with Crippen LogP contribution in [-0.2, 0) is 17.6 Å². The quantitative estimate of drug-likeness (QED) is 0.625. The molecule has 6 rings (SSSR count). The molecule has 1 aromatic carbocycles. The first-order chi connectivity index (χ1) is 16.2. The molecule has 3 aliphatic rings. The third kappa shape index (κ3) is 4.08. The summed E-state index contributed by atoms with van der Waals surface area (Å²) < 4.78 is 0. The first-order valence-corrected chi connectivity index (χ1v) is 12.4. The Morgan fingerprint density at radius 3 is 2.73 bits per heavy atom. The van der Waals surface area contributed by atoms with Crippen molar-refractivity contribution in [3.63, 3.8) is 0 Å². The summed E-state index contributed by atoms with van der Waals surface area (Å²) >= 11 is 0. The fraction of sp³-hybridized carbons (Fsp3) is 0.444. The highest BCUT2D eigenvalue weighted by atomic mass is 16.2. The van der Waals surface area contributed by atoms with Crippen LogP contribution in [-0.4, -0.2) is 35.0 Å². The SMILES string of the molecule is N[C@@H]1CCCN(c2c3c(nc4ccc(-c5ccnc(NC(=O)C6CC6)c5)cc24)CCCC3)C1. The number of nitrogens with zero attached hydrogens (tertiary/aromatic N) is 3. The molecule has 0 radical (unpaired) electrons. The molecule has 0 unspecified atom stereocenters. The molecule has 0 bridgehead atoms. The Labute approximate surface area is 194 Å². The molecule has 3 aromatic rings. The van der Waals surface area contributed by atoms with Gasteiger partial charge in [0.25, 0.3) is 0 Å². The van der Waals surface area contributed by atoms with E-state index in [0.717, 1.165) is 68.3 Å². The van der Waals surface area contributed by atoms with Crippen LogP contribution in [0.3, 0.4) is 0 Å². The van der Waals surface area contributed by atoms with Crippen molar-refractivity contribution in [1.29, 1.82) is 0 Å². The van der Waals surface area contributed by atoms with E-state index in [2.05, 4.69) is 33.4 Å². The van der Waals surface area contributed by atoms with Crippen LogP contribution in [0, 0.1) is 5.92 Å². The van der Waals surface area contributed by atoms with Crippen LogP contribution in [0.4, 0.5) is 11.5 Å². The zero-order valence-electron chi connectivity index (χ0n) is 19.0. The Morgan fingerprint density at radius 2 is 1.88 bits per heavy atom. The van der Waals surface area contributed by atoms with Crippen LogP contribution in [0.2, 0.25) is 0 Å². The van der Waals surface area contributed by atoms with E-state index in [-0.39, 0.29) is 17.9 Å². The molecule has 170 valence electrons. The van der Waals surface area contributed by atoms with Crippen molar-refractivity contribution in [1.82, 2.24) is 9.97 Å². The molecular weight excluding hydrogens is 410 g/mol. The lowest BCUT2D eigenvalue weighted by Crippen LogP contribution is -2.43. The van der Waals surface area contributed by atoms with Crippen molar-refractivity contribution in [3.05, 3.63) is 47.8 Å².